The fourth-order valence-corrected chi connectivity index (χ4v) is 5.78. The molecule has 0 atom stereocenters. The maximum Gasteiger partial charge on any atom is 0.284 e. The number of nitrogens with zero attached hydrogens (tertiary/aromatic N) is 4. The second-order valence-corrected chi connectivity index (χ2v) is 11.4. The molecule has 13 heteroatoms. The van der Waals surface area contributed by atoms with Gasteiger partial charge < -0.3 is 20.1 Å². The first-order valence-electron chi connectivity index (χ1n) is 14.4. The molecule has 0 fully saturated rings. The van der Waals surface area contributed by atoms with Gasteiger partial charge in [-0.25, -0.2) is 4.39 Å². The first kappa shape index (κ1) is 33.4. The molecule has 0 unspecified atom stereocenters. The van der Waals surface area contributed by atoms with Crippen LogP contribution in [-0.2, 0) is 11.3 Å². The lowest BCUT2D eigenvalue weighted by Gasteiger charge is -2.12. The van der Waals surface area contributed by atoms with E-state index in [2.05, 4.69) is 25.7 Å². The summed E-state index contributed by atoms with van der Waals surface area (Å²) in [6, 6.07) is 20.4. The Balaban J connectivity index is 0.00000433. The average molecular weight is 673 g/mol. The molecule has 0 bridgehead atoms. The van der Waals surface area contributed by atoms with Crippen molar-refractivity contribution in [3.8, 4) is 27.8 Å². The van der Waals surface area contributed by atoms with Crippen LogP contribution in [0.5, 0.6) is 11.5 Å². The number of carbonyl (C=O) groups is 1. The number of halogens is 2. The number of anilines is 1. The van der Waals surface area contributed by atoms with E-state index in [1.807, 2.05) is 30.5 Å². The molecule has 2 N–H and O–H groups in total. The predicted octanol–water partition coefficient (Wildman–Crippen LogP) is 6.55. The summed E-state index contributed by atoms with van der Waals surface area (Å²) < 4.78 is 28.2. The lowest BCUT2D eigenvalue weighted by molar-refractivity contribution is 0.102. The minimum Gasteiger partial charge on any atom is -0.453 e. The number of benzene rings is 2. The van der Waals surface area contributed by atoms with Gasteiger partial charge in [0.2, 0.25) is 0 Å². The molecule has 4 heterocycles. The molecule has 6 aromatic rings. The molecule has 6 rings (SSSR count). The third kappa shape index (κ3) is 7.53. The Labute approximate surface area is 279 Å². The Kier molecular flexibility index (Phi) is 10.7. The maximum atomic E-state index is 15.3. The van der Waals surface area contributed by atoms with Gasteiger partial charge in [-0.05, 0) is 54.4 Å². The lowest BCUT2D eigenvalue weighted by atomic mass is 10.1. The minimum absolute atomic E-state index is 0. The Bertz CT molecular complexity index is 2070. The molecule has 0 radical (unpaired) electrons. The molecule has 4 aromatic heterocycles. The molecule has 0 aliphatic carbocycles. The number of pyridine rings is 2. The Morgan fingerprint density at radius 3 is 2.57 bits per heavy atom. The highest BCUT2D eigenvalue weighted by molar-refractivity contribution is 7.22. The largest absolute Gasteiger partial charge is 0.453 e. The first-order valence-corrected chi connectivity index (χ1v) is 15.2. The number of nitrogens with one attached hydrogen (secondary N) is 2. The highest BCUT2D eigenvalue weighted by Crippen LogP contribution is 2.39. The number of carbonyl (C=O) groups excluding carboxylic acids is 1. The number of para-hydroxylation sites is 1. The lowest BCUT2D eigenvalue weighted by Crippen LogP contribution is -2.31. The molecule has 0 saturated carbocycles. The zero-order chi connectivity index (χ0) is 32.0. The molecule has 0 aliphatic rings. The van der Waals surface area contributed by atoms with E-state index in [1.165, 1.54) is 29.7 Å². The van der Waals surface area contributed by atoms with Gasteiger partial charge in [-0.1, -0.05) is 24.3 Å². The van der Waals surface area contributed by atoms with E-state index in [1.54, 1.807) is 50.6 Å². The summed E-state index contributed by atoms with van der Waals surface area (Å²) in [6.45, 7) is 3.70. The van der Waals surface area contributed by atoms with E-state index in [4.69, 9.17) is 9.47 Å². The third-order valence-corrected chi connectivity index (χ3v) is 8.23. The topological polar surface area (TPSA) is 120 Å². The number of fused-ring (bicyclic) bond motifs is 1. The molecule has 0 spiro atoms. The number of aryl methyl sites for hydroxylation is 1. The van der Waals surface area contributed by atoms with Crippen molar-refractivity contribution in [1.29, 1.82) is 0 Å². The van der Waals surface area contributed by atoms with Gasteiger partial charge in [-0.3, -0.25) is 19.6 Å². The monoisotopic (exact) mass is 672 g/mol. The number of amides is 1. The Morgan fingerprint density at radius 1 is 1.00 bits per heavy atom. The zero-order valence-electron chi connectivity index (χ0n) is 25.4. The van der Waals surface area contributed by atoms with Crippen LogP contribution in [0.1, 0.15) is 21.5 Å². The fraction of sp³-hybridized carbons (Fsp3) is 0.147. The molecular formula is C34H30ClFN6O4S. The van der Waals surface area contributed by atoms with Crippen LogP contribution in [0.25, 0.3) is 26.5 Å². The van der Waals surface area contributed by atoms with Crippen molar-refractivity contribution in [3.63, 3.8) is 0 Å². The van der Waals surface area contributed by atoms with Crippen molar-refractivity contribution >= 4 is 45.6 Å². The predicted molar refractivity (Wildman–Crippen MR) is 183 cm³/mol. The van der Waals surface area contributed by atoms with Crippen molar-refractivity contribution < 1.29 is 18.7 Å². The minimum atomic E-state index is -0.691. The van der Waals surface area contributed by atoms with Crippen molar-refractivity contribution in [1.82, 2.24) is 25.1 Å². The number of rotatable bonds is 11. The van der Waals surface area contributed by atoms with Gasteiger partial charge in [0.15, 0.2) is 11.6 Å². The highest BCUT2D eigenvalue weighted by atomic mass is 35.5. The van der Waals surface area contributed by atoms with Crippen LogP contribution in [0.15, 0.2) is 96.2 Å². The van der Waals surface area contributed by atoms with E-state index >= 15 is 4.39 Å². The van der Waals surface area contributed by atoms with Crippen LogP contribution in [0, 0.1) is 12.7 Å². The maximum absolute atomic E-state index is 15.3. The van der Waals surface area contributed by atoms with Crippen molar-refractivity contribution in [2.75, 3.05) is 25.6 Å². The summed E-state index contributed by atoms with van der Waals surface area (Å²) >= 11 is 1.45. The zero-order valence-corrected chi connectivity index (χ0v) is 27.0. The normalized spacial score (nSPS) is 10.9. The fourth-order valence-electron chi connectivity index (χ4n) is 4.74. The van der Waals surface area contributed by atoms with E-state index in [-0.39, 0.29) is 29.4 Å². The van der Waals surface area contributed by atoms with Gasteiger partial charge in [0.1, 0.15) is 11.3 Å². The summed E-state index contributed by atoms with van der Waals surface area (Å²) in [6.07, 6.45) is 4.87. The van der Waals surface area contributed by atoms with E-state index < -0.39 is 17.3 Å². The van der Waals surface area contributed by atoms with Gasteiger partial charge in [-0.15, -0.1) is 23.7 Å². The summed E-state index contributed by atoms with van der Waals surface area (Å²) in [5.74, 6) is -0.960. The standard InChI is InChI=1S/C34H29FN6O4S.ClH/c1-21-18-39-41(24-6-4-3-5-7-24)34(43)31(21)33(42)40-23-9-11-28(25(35)16-23)45-29-12-13-37-27-17-30(46-32(27)29)26-10-8-22(20-38-26)19-36-14-15-44-2;/h3-13,16-18,20,36H,14-15,19H2,1-2H3,(H,40,42);1H. The van der Waals surface area contributed by atoms with Gasteiger partial charge >= 0.3 is 0 Å². The number of methoxy groups -OCH3 is 1. The molecule has 2 aromatic carbocycles. The Hall–Kier alpha value is -5.01. The highest BCUT2D eigenvalue weighted by Gasteiger charge is 2.19. The van der Waals surface area contributed by atoms with Gasteiger partial charge in [0.05, 0.1) is 39.3 Å². The summed E-state index contributed by atoms with van der Waals surface area (Å²) in [5.41, 5.74) is 2.96. The number of thiophene rings is 1. The molecule has 240 valence electrons. The van der Waals surface area contributed by atoms with Crippen LogP contribution >= 0.6 is 23.7 Å². The van der Waals surface area contributed by atoms with Gasteiger partial charge in [0.25, 0.3) is 11.5 Å². The number of ether oxygens (including phenoxy) is 2. The number of hydrogen-bond acceptors (Lipinski definition) is 9. The Morgan fingerprint density at radius 2 is 1.83 bits per heavy atom. The van der Waals surface area contributed by atoms with Crippen molar-refractivity contribution in [2.24, 2.45) is 0 Å². The van der Waals surface area contributed by atoms with Gasteiger partial charge in [0, 0.05) is 50.4 Å². The molecule has 0 aliphatic heterocycles. The quantitative estimate of drug-likeness (QED) is 0.149. The second kappa shape index (κ2) is 15.1. The average Bonchev–Trinajstić information content (AvgIpc) is 3.51. The van der Waals surface area contributed by atoms with Crippen molar-refractivity contribution in [3.05, 3.63) is 124 Å². The molecule has 1 amide bonds. The summed E-state index contributed by atoms with van der Waals surface area (Å²) in [7, 11) is 1.67. The smallest absolute Gasteiger partial charge is 0.284 e. The molecule has 47 heavy (non-hydrogen) atoms. The number of aromatic nitrogens is 4. The second-order valence-electron chi connectivity index (χ2n) is 10.3. The molecule has 10 nitrogen and oxygen atoms in total. The summed E-state index contributed by atoms with van der Waals surface area (Å²) in [5, 5.41) is 10.1. The van der Waals surface area contributed by atoms with Crippen LogP contribution in [0.3, 0.4) is 0 Å². The molecule has 0 saturated heterocycles. The summed E-state index contributed by atoms with van der Waals surface area (Å²) in [4.78, 5) is 36.3. The van der Waals surface area contributed by atoms with Crippen LogP contribution in [-0.4, -0.2) is 45.9 Å². The van der Waals surface area contributed by atoms with E-state index in [9.17, 15) is 9.59 Å². The van der Waals surface area contributed by atoms with Crippen LogP contribution < -0.4 is 20.9 Å². The third-order valence-electron chi connectivity index (χ3n) is 7.07. The molecular weight excluding hydrogens is 643 g/mol. The SMILES string of the molecule is COCCNCc1ccc(-c2cc3nccc(Oc4ccc(NC(=O)c5c(C)cnn(-c6ccccc6)c5=O)cc4F)c3s2)nc1.Cl. The van der Waals surface area contributed by atoms with Crippen LogP contribution in [0.4, 0.5) is 10.1 Å². The number of hydrogen-bond donors (Lipinski definition) is 2. The van der Waals surface area contributed by atoms with Crippen LogP contribution in [0.2, 0.25) is 0 Å². The van der Waals surface area contributed by atoms with E-state index in [0.29, 0.717) is 35.7 Å². The van der Waals surface area contributed by atoms with Crippen molar-refractivity contribution in [2.45, 2.75) is 13.5 Å². The van der Waals surface area contributed by atoms with E-state index in [0.717, 1.165) is 38.1 Å². The van der Waals surface area contributed by atoms with Gasteiger partial charge in [-0.2, -0.15) is 9.78 Å². The first-order chi connectivity index (χ1) is 22.4.